The number of thioether (sulfide) groups is 1. The van der Waals surface area contributed by atoms with E-state index in [1.54, 1.807) is 17.8 Å². The molecule has 2 rings (SSSR count). The summed E-state index contributed by atoms with van der Waals surface area (Å²) in [5.74, 6) is 1.48. The third-order valence-corrected chi connectivity index (χ3v) is 5.01. The van der Waals surface area contributed by atoms with Crippen molar-refractivity contribution in [1.29, 1.82) is 0 Å². The largest absolute Gasteiger partial charge is 0.493 e. The lowest BCUT2D eigenvalue weighted by Crippen LogP contribution is -2.27. The Balaban J connectivity index is 1.93. The number of fused-ring (bicyclic) bond motifs is 1. The second-order valence-corrected chi connectivity index (χ2v) is 6.77. The summed E-state index contributed by atoms with van der Waals surface area (Å²) in [4.78, 5) is 13.6. The molecule has 4 nitrogen and oxygen atoms in total. The predicted octanol–water partition coefficient (Wildman–Crippen LogP) is 3.84. The van der Waals surface area contributed by atoms with Gasteiger partial charge in [-0.3, -0.25) is 0 Å². The molecule has 124 valence electrons. The van der Waals surface area contributed by atoms with Crippen molar-refractivity contribution in [1.82, 2.24) is 4.90 Å². The van der Waals surface area contributed by atoms with Crippen LogP contribution in [0.5, 0.6) is 5.75 Å². The molecule has 0 saturated carbocycles. The van der Waals surface area contributed by atoms with Crippen LogP contribution in [0.15, 0.2) is 33.5 Å². The molecule has 0 aliphatic carbocycles. The molecule has 1 aromatic carbocycles. The van der Waals surface area contributed by atoms with Crippen LogP contribution in [0.2, 0.25) is 0 Å². The van der Waals surface area contributed by atoms with Crippen LogP contribution in [0.4, 0.5) is 0 Å². The monoisotopic (exact) mass is 351 g/mol. The highest BCUT2D eigenvalue weighted by atomic mass is 32.2. The molecule has 6 heteroatoms. The number of rotatable bonds is 6. The highest BCUT2D eigenvalue weighted by molar-refractivity contribution is 8.22. The lowest BCUT2D eigenvalue weighted by Gasteiger charge is -2.20. The molecule has 0 bridgehead atoms. The Morgan fingerprint density at radius 1 is 1.30 bits per heavy atom. The van der Waals surface area contributed by atoms with E-state index in [-0.39, 0.29) is 5.63 Å². The Kier molecular flexibility index (Phi) is 6.47. The third-order valence-electron chi connectivity index (χ3n) is 3.52. The van der Waals surface area contributed by atoms with Crippen molar-refractivity contribution in [2.45, 2.75) is 20.8 Å². The van der Waals surface area contributed by atoms with E-state index in [0.717, 1.165) is 34.1 Å². The van der Waals surface area contributed by atoms with Crippen molar-refractivity contribution in [2.24, 2.45) is 0 Å². The van der Waals surface area contributed by atoms with Crippen LogP contribution < -0.4 is 10.4 Å². The molecule has 2 aromatic rings. The van der Waals surface area contributed by atoms with E-state index in [0.29, 0.717) is 17.9 Å². The van der Waals surface area contributed by atoms with Crippen LogP contribution in [0.1, 0.15) is 19.4 Å². The van der Waals surface area contributed by atoms with E-state index < -0.39 is 0 Å². The Morgan fingerprint density at radius 3 is 2.74 bits per heavy atom. The topological polar surface area (TPSA) is 42.7 Å². The summed E-state index contributed by atoms with van der Waals surface area (Å²) in [7, 11) is 0. The minimum Gasteiger partial charge on any atom is -0.493 e. The molecule has 0 unspecified atom stereocenters. The first kappa shape index (κ1) is 17.8. The average Bonchev–Trinajstić information content (AvgIpc) is 2.52. The standard InChI is InChI=1S/C17H21NO3S2/c1-4-18(5-2)17(22)23-9-8-20-13-6-7-14-12(3)10-16(19)21-15(14)11-13/h6-7,10-11H,4-5,8-9H2,1-3H3. The first-order valence-electron chi connectivity index (χ1n) is 7.64. The molecule has 0 fully saturated rings. The van der Waals surface area contributed by atoms with E-state index in [4.69, 9.17) is 21.4 Å². The van der Waals surface area contributed by atoms with Crippen LogP contribution >= 0.6 is 24.0 Å². The Bertz CT molecular complexity index is 738. The zero-order valence-electron chi connectivity index (χ0n) is 13.6. The van der Waals surface area contributed by atoms with Crippen molar-refractivity contribution in [3.05, 3.63) is 40.2 Å². The van der Waals surface area contributed by atoms with Gasteiger partial charge in [-0.05, 0) is 38.5 Å². The maximum absolute atomic E-state index is 11.4. The van der Waals surface area contributed by atoms with E-state index in [9.17, 15) is 4.79 Å². The van der Waals surface area contributed by atoms with Crippen molar-refractivity contribution < 1.29 is 9.15 Å². The molecule has 0 saturated heterocycles. The number of aryl methyl sites for hydroxylation is 1. The van der Waals surface area contributed by atoms with E-state index in [1.165, 1.54) is 6.07 Å². The Hall–Kier alpha value is -1.53. The van der Waals surface area contributed by atoms with Gasteiger partial charge in [0.2, 0.25) is 0 Å². The molecule has 1 aromatic heterocycles. The van der Waals surface area contributed by atoms with Gasteiger partial charge in [-0.1, -0.05) is 24.0 Å². The van der Waals surface area contributed by atoms with Gasteiger partial charge in [-0.2, -0.15) is 0 Å². The lowest BCUT2D eigenvalue weighted by atomic mass is 10.1. The fourth-order valence-corrected chi connectivity index (χ4v) is 3.55. The molecule has 23 heavy (non-hydrogen) atoms. The average molecular weight is 351 g/mol. The number of nitrogens with zero attached hydrogens (tertiary/aromatic N) is 1. The summed E-state index contributed by atoms with van der Waals surface area (Å²) in [6.07, 6.45) is 0. The van der Waals surface area contributed by atoms with Gasteiger partial charge in [0.05, 0.1) is 6.61 Å². The summed E-state index contributed by atoms with van der Waals surface area (Å²) in [5, 5.41) is 0.925. The summed E-state index contributed by atoms with van der Waals surface area (Å²) >= 11 is 7.00. The summed E-state index contributed by atoms with van der Waals surface area (Å²) < 4.78 is 11.9. The second-order valence-electron chi connectivity index (χ2n) is 5.04. The predicted molar refractivity (Wildman–Crippen MR) is 101 cm³/mol. The minimum atomic E-state index is -0.340. The van der Waals surface area contributed by atoms with Gasteiger partial charge in [0.1, 0.15) is 15.7 Å². The SMILES string of the molecule is CCN(CC)C(=S)SCCOc1ccc2c(C)cc(=O)oc2c1. The van der Waals surface area contributed by atoms with Crippen LogP contribution in [-0.2, 0) is 0 Å². The van der Waals surface area contributed by atoms with Gasteiger partial charge in [0, 0.05) is 36.4 Å². The number of ether oxygens (including phenoxy) is 1. The van der Waals surface area contributed by atoms with E-state index in [1.807, 2.05) is 19.1 Å². The number of hydrogen-bond acceptors (Lipinski definition) is 5. The summed E-state index contributed by atoms with van der Waals surface area (Å²) in [5.41, 5.74) is 1.12. The molecule has 0 aliphatic heterocycles. The lowest BCUT2D eigenvalue weighted by molar-refractivity contribution is 0.344. The van der Waals surface area contributed by atoms with Gasteiger partial charge in [0.25, 0.3) is 0 Å². The van der Waals surface area contributed by atoms with Gasteiger partial charge in [0.15, 0.2) is 0 Å². The molecule has 0 atom stereocenters. The quantitative estimate of drug-likeness (QED) is 0.447. The van der Waals surface area contributed by atoms with Crippen LogP contribution in [0, 0.1) is 6.92 Å². The first-order valence-corrected chi connectivity index (χ1v) is 9.03. The van der Waals surface area contributed by atoms with Gasteiger partial charge in [-0.25, -0.2) is 4.79 Å². The smallest absolute Gasteiger partial charge is 0.336 e. The minimum absolute atomic E-state index is 0.340. The molecular weight excluding hydrogens is 330 g/mol. The molecule has 0 aliphatic rings. The molecule has 0 N–H and O–H groups in total. The fourth-order valence-electron chi connectivity index (χ4n) is 2.26. The molecular formula is C17H21NO3S2. The van der Waals surface area contributed by atoms with Crippen molar-refractivity contribution >= 4 is 39.3 Å². The Morgan fingerprint density at radius 2 is 2.04 bits per heavy atom. The first-order chi connectivity index (χ1) is 11.0. The highest BCUT2D eigenvalue weighted by Gasteiger charge is 2.07. The van der Waals surface area contributed by atoms with Crippen molar-refractivity contribution in [2.75, 3.05) is 25.4 Å². The summed E-state index contributed by atoms with van der Waals surface area (Å²) in [6.45, 7) is 8.48. The van der Waals surface area contributed by atoms with E-state index in [2.05, 4.69) is 18.7 Å². The van der Waals surface area contributed by atoms with Crippen LogP contribution in [-0.4, -0.2) is 34.7 Å². The van der Waals surface area contributed by atoms with Gasteiger partial charge in [-0.15, -0.1) is 0 Å². The normalized spacial score (nSPS) is 10.7. The zero-order chi connectivity index (χ0) is 16.8. The maximum atomic E-state index is 11.4. The number of benzene rings is 1. The third kappa shape index (κ3) is 4.72. The Labute approximate surface area is 145 Å². The van der Waals surface area contributed by atoms with E-state index >= 15 is 0 Å². The molecule has 0 spiro atoms. The molecule has 0 amide bonds. The fraction of sp³-hybridized carbons (Fsp3) is 0.412. The second kappa shape index (κ2) is 8.36. The highest BCUT2D eigenvalue weighted by Crippen LogP contribution is 2.22. The van der Waals surface area contributed by atoms with Crippen LogP contribution in [0.25, 0.3) is 11.0 Å². The van der Waals surface area contributed by atoms with Gasteiger partial charge < -0.3 is 14.1 Å². The summed E-state index contributed by atoms with van der Waals surface area (Å²) in [6, 6.07) is 7.06. The molecule has 1 heterocycles. The number of thiocarbonyl (C=S) groups is 1. The number of hydrogen-bond donors (Lipinski definition) is 0. The van der Waals surface area contributed by atoms with Crippen LogP contribution in [0.3, 0.4) is 0 Å². The zero-order valence-corrected chi connectivity index (χ0v) is 15.3. The van der Waals surface area contributed by atoms with Crippen molar-refractivity contribution in [3.63, 3.8) is 0 Å². The van der Waals surface area contributed by atoms with Gasteiger partial charge >= 0.3 is 5.63 Å². The van der Waals surface area contributed by atoms with Crippen molar-refractivity contribution in [3.8, 4) is 5.75 Å². The maximum Gasteiger partial charge on any atom is 0.336 e. The molecule has 0 radical (unpaired) electrons.